The maximum Gasteiger partial charge on any atom is 0.416 e. The van der Waals surface area contributed by atoms with E-state index in [0.29, 0.717) is 39.0 Å². The van der Waals surface area contributed by atoms with E-state index in [-0.39, 0.29) is 11.1 Å². The average molecular weight is 594 g/mol. The maximum absolute atomic E-state index is 13.5. The Labute approximate surface area is 247 Å². The molecule has 2 aliphatic rings. The second-order valence-corrected chi connectivity index (χ2v) is 10.4. The third kappa shape index (κ3) is 4.53. The van der Waals surface area contributed by atoms with Crippen molar-refractivity contribution in [3.63, 3.8) is 0 Å². The van der Waals surface area contributed by atoms with Crippen LogP contribution < -0.4 is 0 Å². The molecule has 3 nitrogen and oxygen atoms in total. The fraction of sp³-hybridized carbons (Fsp3) is 0.114. The third-order valence-corrected chi connectivity index (χ3v) is 8.11. The van der Waals surface area contributed by atoms with Crippen molar-refractivity contribution in [1.29, 1.82) is 15.8 Å². The number of allylic oxidation sites excluding steroid dienone is 4. The molecule has 214 valence electrons. The van der Waals surface area contributed by atoms with Gasteiger partial charge in [-0.25, -0.2) is 0 Å². The molecule has 0 bridgehead atoms. The van der Waals surface area contributed by atoms with Gasteiger partial charge < -0.3 is 0 Å². The molecular weight excluding hydrogens is 576 g/mol. The summed E-state index contributed by atoms with van der Waals surface area (Å²) >= 11 is 0. The molecule has 0 heterocycles. The van der Waals surface area contributed by atoms with Crippen LogP contribution in [-0.2, 0) is 12.4 Å². The van der Waals surface area contributed by atoms with Crippen molar-refractivity contribution >= 4 is 11.1 Å². The smallest absolute Gasteiger partial charge is 0.192 e. The molecule has 0 saturated carbocycles. The standard InChI is InChI=1S/C35H17F6N3/c36-34(37,38)23-10-6-20(7-11-23)29-31(22(17-43)18-44)30(21-8-12-24(13-9-21)35(39,40)41)33-28-15-19(16-42)5-14-26(28)25-3-1-2-4-27(25)32(29)33/h1-15,30,33H. The Morgan fingerprint density at radius 1 is 0.614 bits per heavy atom. The zero-order valence-corrected chi connectivity index (χ0v) is 22.4. The molecule has 4 aromatic rings. The number of benzene rings is 4. The first-order chi connectivity index (χ1) is 21.0. The predicted molar refractivity (Wildman–Crippen MR) is 150 cm³/mol. The largest absolute Gasteiger partial charge is 0.416 e. The lowest BCUT2D eigenvalue weighted by Gasteiger charge is -2.32. The second kappa shape index (κ2) is 10.3. The Bertz CT molecular complexity index is 1990. The molecule has 2 aliphatic carbocycles. The lowest BCUT2D eigenvalue weighted by atomic mass is 9.70. The molecule has 2 atom stereocenters. The monoisotopic (exact) mass is 593 g/mol. The lowest BCUT2D eigenvalue weighted by molar-refractivity contribution is -0.138. The van der Waals surface area contributed by atoms with Gasteiger partial charge in [0.1, 0.15) is 17.7 Å². The summed E-state index contributed by atoms with van der Waals surface area (Å²) in [5.74, 6) is -1.56. The van der Waals surface area contributed by atoms with Crippen molar-refractivity contribution in [2.75, 3.05) is 0 Å². The fourth-order valence-electron chi connectivity index (χ4n) is 6.32. The number of alkyl halides is 6. The molecule has 0 spiro atoms. The first-order valence-electron chi connectivity index (χ1n) is 13.3. The zero-order valence-electron chi connectivity index (χ0n) is 22.4. The second-order valence-electron chi connectivity index (χ2n) is 10.4. The van der Waals surface area contributed by atoms with Crippen LogP contribution in [0.15, 0.2) is 102 Å². The highest BCUT2D eigenvalue weighted by Gasteiger charge is 2.47. The summed E-state index contributed by atoms with van der Waals surface area (Å²) in [6, 6.07) is 27.1. The molecule has 0 aliphatic heterocycles. The van der Waals surface area contributed by atoms with Gasteiger partial charge in [0.2, 0.25) is 0 Å². The molecule has 0 N–H and O–H groups in total. The zero-order chi connectivity index (χ0) is 31.4. The van der Waals surface area contributed by atoms with Crippen LogP contribution in [0.25, 0.3) is 22.3 Å². The lowest BCUT2D eigenvalue weighted by Crippen LogP contribution is -2.15. The van der Waals surface area contributed by atoms with Crippen LogP contribution in [0.1, 0.15) is 50.8 Å². The van der Waals surface area contributed by atoms with E-state index in [4.69, 9.17) is 0 Å². The number of hydrogen-bond acceptors (Lipinski definition) is 3. The van der Waals surface area contributed by atoms with Gasteiger partial charge in [-0.15, -0.1) is 0 Å². The van der Waals surface area contributed by atoms with Crippen LogP contribution in [0.4, 0.5) is 26.3 Å². The van der Waals surface area contributed by atoms with Gasteiger partial charge in [-0.05, 0) is 86.5 Å². The molecule has 0 radical (unpaired) electrons. The summed E-state index contributed by atoms with van der Waals surface area (Å²) in [6.45, 7) is 0. The Kier molecular flexibility index (Phi) is 6.67. The van der Waals surface area contributed by atoms with Gasteiger partial charge in [-0.3, -0.25) is 0 Å². The Balaban J connectivity index is 1.74. The summed E-state index contributed by atoms with van der Waals surface area (Å²) < 4.78 is 81.0. The fourth-order valence-corrected chi connectivity index (χ4v) is 6.32. The number of fused-ring (bicyclic) bond motifs is 6. The molecular formula is C35H17F6N3. The summed E-state index contributed by atoms with van der Waals surface area (Å²) in [7, 11) is 0. The van der Waals surface area contributed by atoms with Crippen LogP contribution in [0, 0.1) is 34.0 Å². The maximum atomic E-state index is 13.5. The van der Waals surface area contributed by atoms with E-state index in [2.05, 4.69) is 6.07 Å². The Hall–Kier alpha value is -5.59. The molecule has 2 unspecified atom stereocenters. The van der Waals surface area contributed by atoms with E-state index in [0.717, 1.165) is 35.4 Å². The number of nitrogens with zero attached hydrogens (tertiary/aromatic N) is 3. The molecule has 4 aromatic carbocycles. The average Bonchev–Trinajstić information content (AvgIpc) is 3.37. The van der Waals surface area contributed by atoms with Crippen LogP contribution >= 0.6 is 0 Å². The molecule has 6 rings (SSSR count). The minimum Gasteiger partial charge on any atom is -0.192 e. The van der Waals surface area contributed by atoms with Gasteiger partial charge in [-0.1, -0.05) is 54.6 Å². The van der Waals surface area contributed by atoms with Crippen molar-refractivity contribution in [2.45, 2.75) is 24.2 Å². The highest BCUT2D eigenvalue weighted by molar-refractivity contribution is 6.11. The van der Waals surface area contributed by atoms with Crippen LogP contribution in [0.5, 0.6) is 0 Å². The topological polar surface area (TPSA) is 71.4 Å². The Morgan fingerprint density at radius 2 is 1.18 bits per heavy atom. The van der Waals surface area contributed by atoms with Gasteiger partial charge in [0, 0.05) is 11.8 Å². The normalized spacial score (nSPS) is 17.1. The summed E-state index contributed by atoms with van der Waals surface area (Å²) in [5, 5.41) is 30.0. The van der Waals surface area contributed by atoms with Crippen LogP contribution in [-0.4, -0.2) is 0 Å². The van der Waals surface area contributed by atoms with Crippen molar-refractivity contribution in [2.24, 2.45) is 0 Å². The molecule has 0 amide bonds. The van der Waals surface area contributed by atoms with E-state index in [1.807, 2.05) is 30.3 Å². The van der Waals surface area contributed by atoms with Crippen molar-refractivity contribution < 1.29 is 26.3 Å². The minimum atomic E-state index is -4.61. The molecule has 0 saturated heterocycles. The SMILES string of the molecule is N#CC(C#N)=C1C(c2ccc(C(F)(F)F)cc2)=C2c3ccccc3-c3ccc(C#N)cc3C2C1c1ccc(C(F)(F)F)cc1. The summed E-state index contributed by atoms with van der Waals surface area (Å²) in [4.78, 5) is 0. The van der Waals surface area contributed by atoms with Gasteiger partial charge in [-0.2, -0.15) is 42.1 Å². The van der Waals surface area contributed by atoms with Crippen molar-refractivity contribution in [3.8, 4) is 29.3 Å². The molecule has 44 heavy (non-hydrogen) atoms. The van der Waals surface area contributed by atoms with E-state index in [1.165, 1.54) is 24.3 Å². The number of halogens is 6. The number of nitriles is 3. The van der Waals surface area contributed by atoms with E-state index in [9.17, 15) is 42.1 Å². The highest BCUT2D eigenvalue weighted by atomic mass is 19.4. The van der Waals surface area contributed by atoms with Crippen LogP contribution in [0.3, 0.4) is 0 Å². The van der Waals surface area contributed by atoms with Gasteiger partial charge in [0.05, 0.1) is 22.8 Å². The first-order valence-corrected chi connectivity index (χ1v) is 13.3. The van der Waals surface area contributed by atoms with Crippen molar-refractivity contribution in [1.82, 2.24) is 0 Å². The van der Waals surface area contributed by atoms with E-state index in [1.54, 1.807) is 24.3 Å². The van der Waals surface area contributed by atoms with Gasteiger partial charge >= 0.3 is 12.4 Å². The van der Waals surface area contributed by atoms with E-state index < -0.39 is 35.3 Å². The summed E-state index contributed by atoms with van der Waals surface area (Å²) in [6.07, 6.45) is -9.21. The van der Waals surface area contributed by atoms with Crippen molar-refractivity contribution in [3.05, 3.63) is 141 Å². The highest BCUT2D eigenvalue weighted by Crippen LogP contribution is 2.64. The number of rotatable bonds is 2. The molecule has 0 fully saturated rings. The van der Waals surface area contributed by atoms with E-state index >= 15 is 0 Å². The Morgan fingerprint density at radius 3 is 1.73 bits per heavy atom. The quantitative estimate of drug-likeness (QED) is 0.172. The van der Waals surface area contributed by atoms with Gasteiger partial charge in [0.25, 0.3) is 0 Å². The summed E-state index contributed by atoms with van der Waals surface area (Å²) in [5.41, 5.74) is 2.93. The molecule has 0 aromatic heterocycles. The number of hydrogen-bond donors (Lipinski definition) is 0. The first kappa shape index (κ1) is 28.5. The van der Waals surface area contributed by atoms with Crippen LogP contribution in [0.2, 0.25) is 0 Å². The minimum absolute atomic E-state index is 0.194. The molecule has 9 heteroatoms. The van der Waals surface area contributed by atoms with Gasteiger partial charge in [0.15, 0.2) is 0 Å². The predicted octanol–water partition coefficient (Wildman–Crippen LogP) is 9.41. The third-order valence-electron chi connectivity index (χ3n) is 8.11.